The van der Waals surface area contributed by atoms with Gasteiger partial charge in [-0.05, 0) is 37.3 Å². The second kappa shape index (κ2) is 7.34. The van der Waals surface area contributed by atoms with Crippen molar-refractivity contribution in [3.05, 3.63) is 28.8 Å². The van der Waals surface area contributed by atoms with E-state index in [1.807, 2.05) is 39.8 Å². The van der Waals surface area contributed by atoms with Gasteiger partial charge in [-0.15, -0.1) is 0 Å². The van der Waals surface area contributed by atoms with Gasteiger partial charge in [0.15, 0.2) is 0 Å². The number of rotatable bonds is 2. The Kier molecular flexibility index (Phi) is 6.90. The van der Waals surface area contributed by atoms with Gasteiger partial charge in [0.25, 0.3) is 0 Å². The van der Waals surface area contributed by atoms with Crippen molar-refractivity contribution in [1.82, 2.24) is 0 Å². The van der Waals surface area contributed by atoms with E-state index >= 15 is 0 Å². The average molecular weight is 240 g/mol. The van der Waals surface area contributed by atoms with Crippen LogP contribution in [0.5, 0.6) is 5.75 Å². The SMILES string of the molecule is CC.COc1c(C)cc(C)cc1C(=O)SC. The fourth-order valence-electron chi connectivity index (χ4n) is 1.49. The fraction of sp³-hybridized carbons (Fsp3) is 0.462. The molecule has 0 bridgehead atoms. The Morgan fingerprint density at radius 3 is 2.25 bits per heavy atom. The van der Waals surface area contributed by atoms with Crippen LogP contribution in [-0.2, 0) is 0 Å². The van der Waals surface area contributed by atoms with Gasteiger partial charge in [-0.3, -0.25) is 4.79 Å². The maximum absolute atomic E-state index is 11.6. The lowest BCUT2D eigenvalue weighted by Crippen LogP contribution is -2.00. The van der Waals surface area contributed by atoms with Crippen molar-refractivity contribution < 1.29 is 9.53 Å². The first kappa shape index (κ1) is 15.0. The van der Waals surface area contributed by atoms with Gasteiger partial charge >= 0.3 is 0 Å². The number of methoxy groups -OCH3 is 1. The summed E-state index contributed by atoms with van der Waals surface area (Å²) in [6, 6.07) is 3.88. The fourth-order valence-corrected chi connectivity index (χ4v) is 1.86. The van der Waals surface area contributed by atoms with Crippen LogP contribution in [0.2, 0.25) is 0 Å². The van der Waals surface area contributed by atoms with Crippen molar-refractivity contribution in [1.29, 1.82) is 0 Å². The average Bonchev–Trinajstić information content (AvgIpc) is 2.29. The Morgan fingerprint density at radius 2 is 1.81 bits per heavy atom. The molecule has 0 aliphatic carbocycles. The normalized spacial score (nSPS) is 9.12. The van der Waals surface area contributed by atoms with Gasteiger partial charge in [-0.25, -0.2) is 0 Å². The monoisotopic (exact) mass is 240 g/mol. The lowest BCUT2D eigenvalue weighted by atomic mass is 10.1. The number of carbonyl (C=O) groups is 1. The minimum absolute atomic E-state index is 0.0497. The van der Waals surface area contributed by atoms with Gasteiger partial charge in [0.05, 0.1) is 12.7 Å². The van der Waals surface area contributed by atoms with Crippen molar-refractivity contribution >= 4 is 16.9 Å². The summed E-state index contributed by atoms with van der Waals surface area (Å²) in [5.74, 6) is 0.690. The van der Waals surface area contributed by atoms with E-state index in [1.165, 1.54) is 11.8 Å². The van der Waals surface area contributed by atoms with Gasteiger partial charge < -0.3 is 4.74 Å². The summed E-state index contributed by atoms with van der Waals surface area (Å²) in [4.78, 5) is 11.6. The number of hydrogen-bond donors (Lipinski definition) is 0. The molecule has 0 saturated heterocycles. The summed E-state index contributed by atoms with van der Waals surface area (Å²) in [5.41, 5.74) is 2.75. The summed E-state index contributed by atoms with van der Waals surface area (Å²) in [6.07, 6.45) is 1.78. The highest BCUT2D eigenvalue weighted by Crippen LogP contribution is 2.27. The first-order chi connectivity index (χ1) is 7.60. The molecule has 0 atom stereocenters. The van der Waals surface area contributed by atoms with Crippen molar-refractivity contribution in [3.8, 4) is 5.75 Å². The molecule has 3 heteroatoms. The third-order valence-electron chi connectivity index (χ3n) is 2.03. The maximum Gasteiger partial charge on any atom is 0.222 e. The zero-order chi connectivity index (χ0) is 12.7. The van der Waals surface area contributed by atoms with Crippen LogP contribution in [0.3, 0.4) is 0 Å². The largest absolute Gasteiger partial charge is 0.496 e. The molecular formula is C13H20O2S. The zero-order valence-corrected chi connectivity index (χ0v) is 11.7. The van der Waals surface area contributed by atoms with Crippen LogP contribution in [0, 0.1) is 13.8 Å². The molecule has 1 aromatic carbocycles. The van der Waals surface area contributed by atoms with Crippen LogP contribution in [0.1, 0.15) is 35.3 Å². The van der Waals surface area contributed by atoms with E-state index in [9.17, 15) is 4.79 Å². The van der Waals surface area contributed by atoms with Crippen LogP contribution in [0.4, 0.5) is 0 Å². The van der Waals surface area contributed by atoms with Crippen LogP contribution < -0.4 is 4.74 Å². The van der Waals surface area contributed by atoms with E-state index in [0.29, 0.717) is 11.3 Å². The number of ether oxygens (including phenoxy) is 1. The van der Waals surface area contributed by atoms with Crippen LogP contribution in [-0.4, -0.2) is 18.5 Å². The molecule has 0 spiro atoms. The Balaban J connectivity index is 0.00000106. The number of thioether (sulfide) groups is 1. The molecule has 16 heavy (non-hydrogen) atoms. The minimum Gasteiger partial charge on any atom is -0.496 e. The van der Waals surface area contributed by atoms with Gasteiger partial charge in [0.2, 0.25) is 5.12 Å². The third-order valence-corrected chi connectivity index (χ3v) is 2.62. The highest BCUT2D eigenvalue weighted by atomic mass is 32.2. The predicted octanol–water partition coefficient (Wildman–Crippen LogP) is 3.84. The van der Waals surface area contributed by atoms with Gasteiger partial charge in [0, 0.05) is 0 Å². The molecule has 0 radical (unpaired) electrons. The van der Waals surface area contributed by atoms with E-state index in [2.05, 4.69) is 0 Å². The predicted molar refractivity (Wildman–Crippen MR) is 71.7 cm³/mol. The highest BCUT2D eigenvalue weighted by molar-refractivity contribution is 8.13. The Bertz CT molecular complexity index is 359. The standard InChI is InChI=1S/C11H14O2S.C2H6/c1-7-5-8(2)10(13-3)9(6-7)11(12)14-4;1-2/h5-6H,1-4H3;1-2H3. The molecule has 2 nitrogen and oxygen atoms in total. The summed E-state index contributed by atoms with van der Waals surface area (Å²) in [7, 11) is 1.59. The third kappa shape index (κ3) is 3.56. The van der Waals surface area contributed by atoms with E-state index < -0.39 is 0 Å². The minimum atomic E-state index is 0.0497. The number of benzene rings is 1. The zero-order valence-electron chi connectivity index (χ0n) is 10.9. The molecule has 90 valence electrons. The Morgan fingerprint density at radius 1 is 1.25 bits per heavy atom. The van der Waals surface area contributed by atoms with Crippen molar-refractivity contribution in [3.63, 3.8) is 0 Å². The number of carbonyl (C=O) groups excluding carboxylic acids is 1. The summed E-state index contributed by atoms with van der Waals surface area (Å²) in [6.45, 7) is 7.92. The second-order valence-electron chi connectivity index (χ2n) is 3.15. The topological polar surface area (TPSA) is 26.3 Å². The summed E-state index contributed by atoms with van der Waals surface area (Å²) in [5, 5.41) is 0.0497. The Labute approximate surface area is 102 Å². The van der Waals surface area contributed by atoms with Crippen molar-refractivity contribution in [2.75, 3.05) is 13.4 Å². The quantitative estimate of drug-likeness (QED) is 0.785. The first-order valence-corrected chi connectivity index (χ1v) is 6.56. The molecule has 0 N–H and O–H groups in total. The van der Waals surface area contributed by atoms with Crippen LogP contribution in [0.15, 0.2) is 12.1 Å². The molecule has 0 amide bonds. The van der Waals surface area contributed by atoms with Crippen molar-refractivity contribution in [2.45, 2.75) is 27.7 Å². The molecule has 0 saturated carbocycles. The smallest absolute Gasteiger partial charge is 0.222 e. The second-order valence-corrected chi connectivity index (χ2v) is 3.93. The van der Waals surface area contributed by atoms with E-state index in [-0.39, 0.29) is 5.12 Å². The summed E-state index contributed by atoms with van der Waals surface area (Å²) < 4.78 is 5.22. The molecular weight excluding hydrogens is 220 g/mol. The van der Waals surface area contributed by atoms with E-state index in [1.54, 1.807) is 13.4 Å². The molecule has 1 aromatic rings. The number of hydrogen-bond acceptors (Lipinski definition) is 3. The van der Waals surface area contributed by atoms with E-state index in [4.69, 9.17) is 4.74 Å². The molecule has 0 aromatic heterocycles. The first-order valence-electron chi connectivity index (χ1n) is 5.33. The van der Waals surface area contributed by atoms with Crippen molar-refractivity contribution in [2.24, 2.45) is 0 Å². The molecule has 0 aliphatic heterocycles. The van der Waals surface area contributed by atoms with Gasteiger partial charge in [-0.2, -0.15) is 0 Å². The van der Waals surface area contributed by atoms with Gasteiger partial charge in [0.1, 0.15) is 5.75 Å². The maximum atomic E-state index is 11.6. The molecule has 0 heterocycles. The molecule has 0 fully saturated rings. The lowest BCUT2D eigenvalue weighted by molar-refractivity contribution is 0.108. The highest BCUT2D eigenvalue weighted by Gasteiger charge is 2.13. The lowest BCUT2D eigenvalue weighted by Gasteiger charge is -2.10. The van der Waals surface area contributed by atoms with E-state index in [0.717, 1.165) is 11.1 Å². The van der Waals surface area contributed by atoms with Crippen LogP contribution >= 0.6 is 11.8 Å². The molecule has 0 aliphatic rings. The Hall–Kier alpha value is -0.960. The van der Waals surface area contributed by atoms with Crippen LogP contribution in [0.25, 0.3) is 0 Å². The molecule has 0 unspecified atom stereocenters. The number of aryl methyl sites for hydroxylation is 2. The summed E-state index contributed by atoms with van der Waals surface area (Å²) >= 11 is 1.21. The van der Waals surface area contributed by atoms with Gasteiger partial charge in [-0.1, -0.05) is 31.7 Å². The molecule has 1 rings (SSSR count).